The number of halogens is 2. The maximum atomic E-state index is 13.7. The fourth-order valence-electron chi connectivity index (χ4n) is 2.30. The monoisotopic (exact) mass is 351 g/mol. The number of aryl methyl sites for hydroxylation is 2. The van der Waals surface area contributed by atoms with E-state index in [1.165, 1.54) is 6.07 Å². The maximum Gasteiger partial charge on any atom is 0.139 e. The van der Waals surface area contributed by atoms with Crippen LogP contribution in [0.2, 0.25) is 0 Å². The number of hydrogen-bond acceptors (Lipinski definition) is 2. The summed E-state index contributed by atoms with van der Waals surface area (Å²) in [4.78, 5) is 0. The Morgan fingerprint density at radius 1 is 1.19 bits per heavy atom. The van der Waals surface area contributed by atoms with Crippen molar-refractivity contribution >= 4 is 21.6 Å². The first kappa shape index (κ1) is 15.8. The van der Waals surface area contributed by atoms with Crippen molar-refractivity contribution in [1.29, 1.82) is 0 Å². The molecule has 2 nitrogen and oxygen atoms in total. The highest BCUT2D eigenvalue weighted by molar-refractivity contribution is 9.10. The van der Waals surface area contributed by atoms with Crippen LogP contribution in [0.4, 0.5) is 10.1 Å². The van der Waals surface area contributed by atoms with Gasteiger partial charge in [0.25, 0.3) is 0 Å². The molecule has 0 saturated heterocycles. The molecule has 0 bridgehead atoms. The molecule has 2 rings (SSSR count). The second kappa shape index (κ2) is 6.48. The highest BCUT2D eigenvalue weighted by Gasteiger charge is 2.14. The highest BCUT2D eigenvalue weighted by atomic mass is 79.9. The van der Waals surface area contributed by atoms with E-state index >= 15 is 0 Å². The van der Waals surface area contributed by atoms with E-state index in [1.54, 1.807) is 13.2 Å². The number of hydrogen-bond donors (Lipinski definition) is 1. The lowest BCUT2D eigenvalue weighted by Gasteiger charge is -2.20. The first-order valence-corrected chi connectivity index (χ1v) is 7.58. The molecule has 21 heavy (non-hydrogen) atoms. The van der Waals surface area contributed by atoms with Crippen molar-refractivity contribution in [3.63, 3.8) is 0 Å². The Morgan fingerprint density at radius 3 is 2.57 bits per heavy atom. The fraction of sp³-hybridized carbons (Fsp3) is 0.294. The average Bonchev–Trinajstić information content (AvgIpc) is 2.44. The van der Waals surface area contributed by atoms with Crippen LogP contribution < -0.4 is 10.1 Å². The molecule has 0 aliphatic carbocycles. The van der Waals surface area contributed by atoms with Crippen molar-refractivity contribution in [2.75, 3.05) is 12.4 Å². The summed E-state index contributed by atoms with van der Waals surface area (Å²) in [5, 5.41) is 3.36. The Hall–Kier alpha value is -1.55. The molecule has 0 aromatic heterocycles. The van der Waals surface area contributed by atoms with Crippen LogP contribution in [-0.4, -0.2) is 7.11 Å². The van der Waals surface area contributed by atoms with Crippen LogP contribution in [0.1, 0.15) is 29.7 Å². The van der Waals surface area contributed by atoms with E-state index in [4.69, 9.17) is 4.74 Å². The van der Waals surface area contributed by atoms with Gasteiger partial charge in [-0.1, -0.05) is 17.7 Å². The summed E-state index contributed by atoms with van der Waals surface area (Å²) in [6, 6.07) is 9.35. The Labute approximate surface area is 133 Å². The minimum absolute atomic E-state index is 0.0131. The van der Waals surface area contributed by atoms with Crippen molar-refractivity contribution < 1.29 is 9.13 Å². The van der Waals surface area contributed by atoms with Crippen LogP contribution >= 0.6 is 15.9 Å². The van der Waals surface area contributed by atoms with E-state index in [2.05, 4.69) is 27.3 Å². The van der Waals surface area contributed by atoms with Crippen molar-refractivity contribution in [2.24, 2.45) is 0 Å². The number of methoxy groups -OCH3 is 1. The van der Waals surface area contributed by atoms with Gasteiger partial charge in [0.15, 0.2) is 0 Å². The normalized spacial score (nSPS) is 12.1. The second-order valence-corrected chi connectivity index (χ2v) is 6.05. The molecule has 112 valence electrons. The van der Waals surface area contributed by atoms with Crippen LogP contribution in [0.25, 0.3) is 0 Å². The summed E-state index contributed by atoms with van der Waals surface area (Å²) in [6.07, 6.45) is 0. The van der Waals surface area contributed by atoms with Gasteiger partial charge in [-0.2, -0.15) is 0 Å². The molecule has 2 aromatic carbocycles. The predicted molar refractivity (Wildman–Crippen MR) is 88.6 cm³/mol. The Bertz CT molecular complexity index is 657. The minimum Gasteiger partial charge on any atom is -0.496 e. The van der Waals surface area contributed by atoms with Gasteiger partial charge in [0.05, 0.1) is 17.6 Å². The summed E-state index contributed by atoms with van der Waals surface area (Å²) >= 11 is 3.20. The highest BCUT2D eigenvalue weighted by Crippen LogP contribution is 2.31. The van der Waals surface area contributed by atoms with Gasteiger partial charge in [0.1, 0.15) is 11.6 Å². The summed E-state index contributed by atoms with van der Waals surface area (Å²) in [7, 11) is 1.66. The second-order valence-electron chi connectivity index (χ2n) is 5.19. The van der Waals surface area contributed by atoms with E-state index in [0.717, 1.165) is 28.1 Å². The van der Waals surface area contributed by atoms with Crippen LogP contribution in [-0.2, 0) is 0 Å². The lowest BCUT2D eigenvalue weighted by atomic mass is 10.0. The summed E-state index contributed by atoms with van der Waals surface area (Å²) in [5.41, 5.74) is 3.99. The van der Waals surface area contributed by atoms with Crippen molar-refractivity contribution in [3.05, 3.63) is 57.3 Å². The number of rotatable bonds is 4. The molecule has 1 atom stereocenters. The summed E-state index contributed by atoms with van der Waals surface area (Å²) in [6.45, 7) is 6.03. The SMILES string of the molecule is COc1ccc(C)cc1C(C)Nc1cc(F)c(Br)cc1C. The van der Waals surface area contributed by atoms with Crippen LogP contribution in [0.3, 0.4) is 0 Å². The summed E-state index contributed by atoms with van der Waals surface area (Å²) < 4.78 is 19.6. The van der Waals surface area contributed by atoms with Gasteiger partial charge < -0.3 is 10.1 Å². The van der Waals surface area contributed by atoms with E-state index in [0.29, 0.717) is 4.47 Å². The van der Waals surface area contributed by atoms with Crippen LogP contribution in [0.15, 0.2) is 34.8 Å². The predicted octanol–water partition coefficient (Wildman–Crippen LogP) is 5.39. The van der Waals surface area contributed by atoms with Gasteiger partial charge in [0.2, 0.25) is 0 Å². The molecule has 0 spiro atoms. The summed E-state index contributed by atoms with van der Waals surface area (Å²) in [5.74, 6) is 0.558. The van der Waals surface area contributed by atoms with E-state index in [1.807, 2.05) is 32.9 Å². The van der Waals surface area contributed by atoms with Crippen LogP contribution in [0, 0.1) is 19.7 Å². The zero-order chi connectivity index (χ0) is 15.6. The molecule has 1 unspecified atom stereocenters. The first-order valence-electron chi connectivity index (χ1n) is 6.79. The fourth-order valence-corrected chi connectivity index (χ4v) is 2.76. The van der Waals surface area contributed by atoms with Crippen molar-refractivity contribution in [3.8, 4) is 5.75 Å². The van der Waals surface area contributed by atoms with Gasteiger partial charge >= 0.3 is 0 Å². The maximum absolute atomic E-state index is 13.7. The molecule has 0 heterocycles. The Balaban J connectivity index is 2.32. The number of anilines is 1. The van der Waals surface area contributed by atoms with Crippen molar-refractivity contribution in [2.45, 2.75) is 26.8 Å². The average molecular weight is 352 g/mol. The van der Waals surface area contributed by atoms with E-state index in [-0.39, 0.29) is 11.9 Å². The molecule has 0 aliphatic heterocycles. The van der Waals surface area contributed by atoms with E-state index in [9.17, 15) is 4.39 Å². The standard InChI is InChI=1S/C17H19BrFNO/c1-10-5-6-17(21-4)13(7-10)12(3)20-16-9-15(19)14(18)8-11(16)2/h5-9,12,20H,1-4H3. The van der Waals surface area contributed by atoms with Gasteiger partial charge in [-0.25, -0.2) is 4.39 Å². The molecule has 2 aromatic rings. The third-order valence-electron chi connectivity index (χ3n) is 3.49. The Morgan fingerprint density at radius 2 is 1.90 bits per heavy atom. The third kappa shape index (κ3) is 3.56. The lowest BCUT2D eigenvalue weighted by molar-refractivity contribution is 0.408. The molecule has 0 saturated carbocycles. The van der Waals surface area contributed by atoms with Gasteiger partial charge in [-0.15, -0.1) is 0 Å². The first-order chi connectivity index (χ1) is 9.92. The minimum atomic E-state index is -0.272. The zero-order valence-electron chi connectivity index (χ0n) is 12.6. The van der Waals surface area contributed by atoms with E-state index < -0.39 is 0 Å². The largest absolute Gasteiger partial charge is 0.496 e. The quantitative estimate of drug-likeness (QED) is 0.797. The number of nitrogens with one attached hydrogen (secondary N) is 1. The van der Waals surface area contributed by atoms with Crippen molar-refractivity contribution in [1.82, 2.24) is 0 Å². The number of benzene rings is 2. The molecule has 4 heteroatoms. The number of ether oxygens (including phenoxy) is 1. The third-order valence-corrected chi connectivity index (χ3v) is 4.10. The zero-order valence-corrected chi connectivity index (χ0v) is 14.2. The molecule has 0 fully saturated rings. The molecular formula is C17H19BrFNO. The van der Waals surface area contributed by atoms with Crippen LogP contribution in [0.5, 0.6) is 5.75 Å². The topological polar surface area (TPSA) is 21.3 Å². The molecule has 0 amide bonds. The van der Waals surface area contributed by atoms with Gasteiger partial charge in [-0.05, 0) is 60.5 Å². The Kier molecular flexibility index (Phi) is 4.88. The molecular weight excluding hydrogens is 333 g/mol. The molecule has 0 radical (unpaired) electrons. The molecule has 1 N–H and O–H groups in total. The van der Waals surface area contributed by atoms with Gasteiger partial charge in [0, 0.05) is 11.3 Å². The molecule has 0 aliphatic rings. The smallest absolute Gasteiger partial charge is 0.139 e. The lowest BCUT2D eigenvalue weighted by Crippen LogP contribution is -2.10. The van der Waals surface area contributed by atoms with Gasteiger partial charge in [-0.3, -0.25) is 0 Å².